The van der Waals surface area contributed by atoms with E-state index in [-0.39, 0.29) is 18.9 Å². The van der Waals surface area contributed by atoms with Crippen molar-refractivity contribution in [2.24, 2.45) is 5.92 Å². The van der Waals surface area contributed by atoms with Crippen molar-refractivity contribution >= 4 is 52.4 Å². The number of nitrogens with zero attached hydrogens (tertiary/aromatic N) is 1. The quantitative estimate of drug-likeness (QED) is 0.770. The van der Waals surface area contributed by atoms with Gasteiger partial charge >= 0.3 is 5.97 Å². The van der Waals surface area contributed by atoms with Gasteiger partial charge < -0.3 is 15.0 Å². The third kappa shape index (κ3) is 4.78. The summed E-state index contributed by atoms with van der Waals surface area (Å²) < 4.78 is 5.06. The molecule has 1 saturated heterocycles. The molecule has 0 bridgehead atoms. The molecule has 3 rings (SSSR count). The first-order valence-corrected chi connectivity index (χ1v) is 8.96. The van der Waals surface area contributed by atoms with Crippen LogP contribution in [0, 0.1) is 5.92 Å². The molecule has 1 heterocycles. The fraction of sp³-hybridized carbons (Fsp3) is 0.211. The molecule has 1 aliphatic rings. The number of esters is 1. The fourth-order valence-electron chi connectivity index (χ4n) is 2.75. The van der Waals surface area contributed by atoms with Gasteiger partial charge in [-0.25, -0.2) is 0 Å². The van der Waals surface area contributed by atoms with Crippen LogP contribution < -0.4 is 10.2 Å². The smallest absolute Gasteiger partial charge is 0.311 e. The largest absolute Gasteiger partial charge is 0.455 e. The first-order chi connectivity index (χ1) is 12.9. The summed E-state index contributed by atoms with van der Waals surface area (Å²) >= 11 is 11.7. The van der Waals surface area contributed by atoms with E-state index < -0.39 is 24.4 Å². The van der Waals surface area contributed by atoms with Crippen LogP contribution in [0.5, 0.6) is 0 Å². The van der Waals surface area contributed by atoms with Crippen LogP contribution >= 0.6 is 23.2 Å². The summed E-state index contributed by atoms with van der Waals surface area (Å²) in [6.45, 7) is -0.217. The van der Waals surface area contributed by atoms with Gasteiger partial charge in [0, 0.05) is 24.3 Å². The molecule has 1 fully saturated rings. The van der Waals surface area contributed by atoms with Crippen molar-refractivity contribution in [1.82, 2.24) is 0 Å². The maximum absolute atomic E-state index is 12.2. The van der Waals surface area contributed by atoms with Crippen LogP contribution in [-0.2, 0) is 19.1 Å². The number of carbonyl (C=O) groups excluding carboxylic acids is 3. The molecule has 0 radical (unpaired) electrons. The molecule has 0 spiro atoms. The molecule has 140 valence electrons. The highest BCUT2D eigenvalue weighted by Gasteiger charge is 2.36. The van der Waals surface area contributed by atoms with E-state index in [9.17, 15) is 14.4 Å². The van der Waals surface area contributed by atoms with Gasteiger partial charge in [0.25, 0.3) is 5.91 Å². The van der Waals surface area contributed by atoms with Crippen LogP contribution in [0.4, 0.5) is 11.4 Å². The van der Waals surface area contributed by atoms with E-state index in [4.69, 9.17) is 27.9 Å². The van der Waals surface area contributed by atoms with Gasteiger partial charge in [-0.15, -0.1) is 0 Å². The number of rotatable bonds is 5. The van der Waals surface area contributed by atoms with Crippen LogP contribution in [0.1, 0.15) is 6.42 Å². The van der Waals surface area contributed by atoms with Crippen LogP contribution in [0.15, 0.2) is 48.5 Å². The highest BCUT2D eigenvalue weighted by molar-refractivity contribution is 6.42. The number of amides is 2. The van der Waals surface area contributed by atoms with E-state index in [1.54, 1.807) is 29.2 Å². The summed E-state index contributed by atoms with van der Waals surface area (Å²) in [6.07, 6.45) is 0.0577. The molecule has 2 amide bonds. The number of nitrogens with one attached hydrogen (secondary N) is 1. The van der Waals surface area contributed by atoms with Crippen molar-refractivity contribution in [3.63, 3.8) is 0 Å². The van der Waals surface area contributed by atoms with Crippen LogP contribution in [-0.4, -0.2) is 30.9 Å². The van der Waals surface area contributed by atoms with Crippen molar-refractivity contribution in [2.75, 3.05) is 23.4 Å². The molecule has 0 aromatic heterocycles. The van der Waals surface area contributed by atoms with Crippen molar-refractivity contribution in [3.05, 3.63) is 58.6 Å². The Kier molecular flexibility index (Phi) is 5.98. The van der Waals surface area contributed by atoms with Gasteiger partial charge in [-0.2, -0.15) is 0 Å². The van der Waals surface area contributed by atoms with Crippen molar-refractivity contribution in [3.8, 4) is 0 Å². The van der Waals surface area contributed by atoms with E-state index in [0.717, 1.165) is 5.69 Å². The van der Waals surface area contributed by atoms with E-state index in [2.05, 4.69) is 5.32 Å². The lowest BCUT2D eigenvalue weighted by molar-refractivity contribution is -0.151. The summed E-state index contributed by atoms with van der Waals surface area (Å²) in [5, 5.41) is 3.24. The second-order valence-electron chi connectivity index (χ2n) is 6.03. The third-order valence-electron chi connectivity index (χ3n) is 4.08. The molecular formula is C19H16Cl2N2O4. The molecule has 1 N–H and O–H groups in total. The predicted octanol–water partition coefficient (Wildman–Crippen LogP) is 3.53. The SMILES string of the molecule is O=C(COC(=O)[C@@H]1CC(=O)N(c2ccccc2)C1)Nc1ccc(Cl)c(Cl)c1. The highest BCUT2D eigenvalue weighted by Crippen LogP contribution is 2.26. The molecule has 1 aliphatic heterocycles. The molecular weight excluding hydrogens is 391 g/mol. The first kappa shape index (κ1) is 19.2. The molecule has 0 aliphatic carbocycles. The second kappa shape index (κ2) is 8.41. The molecule has 8 heteroatoms. The normalized spacial score (nSPS) is 16.3. The molecule has 2 aromatic rings. The topological polar surface area (TPSA) is 75.7 Å². The summed E-state index contributed by atoms with van der Waals surface area (Å²) in [4.78, 5) is 37.8. The third-order valence-corrected chi connectivity index (χ3v) is 4.81. The van der Waals surface area contributed by atoms with Crippen molar-refractivity contribution < 1.29 is 19.1 Å². The maximum atomic E-state index is 12.2. The number of hydrogen-bond acceptors (Lipinski definition) is 4. The molecule has 1 atom stereocenters. The van der Waals surface area contributed by atoms with Crippen LogP contribution in [0.3, 0.4) is 0 Å². The molecule has 27 heavy (non-hydrogen) atoms. The second-order valence-corrected chi connectivity index (χ2v) is 6.84. The molecule has 2 aromatic carbocycles. The van der Waals surface area contributed by atoms with Gasteiger partial charge in [-0.3, -0.25) is 14.4 Å². The predicted molar refractivity (Wildman–Crippen MR) is 103 cm³/mol. The van der Waals surface area contributed by atoms with E-state index in [0.29, 0.717) is 15.7 Å². The number of ether oxygens (including phenoxy) is 1. The lowest BCUT2D eigenvalue weighted by Gasteiger charge is -2.16. The number of para-hydroxylation sites is 1. The minimum Gasteiger partial charge on any atom is -0.455 e. The minimum atomic E-state index is -0.601. The zero-order valence-electron chi connectivity index (χ0n) is 14.2. The maximum Gasteiger partial charge on any atom is 0.311 e. The Morgan fingerprint density at radius 1 is 1.11 bits per heavy atom. The molecule has 6 nitrogen and oxygen atoms in total. The number of halogens is 2. The average Bonchev–Trinajstić information content (AvgIpc) is 3.05. The van der Waals surface area contributed by atoms with Gasteiger partial charge in [-0.1, -0.05) is 41.4 Å². The number of anilines is 2. The Balaban J connectivity index is 1.51. The van der Waals surface area contributed by atoms with Gasteiger partial charge in [-0.05, 0) is 30.3 Å². The Labute approximate surface area is 166 Å². The van der Waals surface area contributed by atoms with Crippen molar-refractivity contribution in [1.29, 1.82) is 0 Å². The first-order valence-electron chi connectivity index (χ1n) is 8.21. The highest BCUT2D eigenvalue weighted by atomic mass is 35.5. The standard InChI is InChI=1S/C19H16Cl2N2O4/c20-15-7-6-13(9-16(15)21)22-17(24)11-27-19(26)12-8-18(25)23(10-12)14-4-2-1-3-5-14/h1-7,9,12H,8,10-11H2,(H,22,24)/t12-/m1/s1. The van der Waals surface area contributed by atoms with Gasteiger partial charge in [0.1, 0.15) is 0 Å². The van der Waals surface area contributed by atoms with Gasteiger partial charge in [0.15, 0.2) is 6.61 Å². The fourth-order valence-corrected chi connectivity index (χ4v) is 3.05. The Morgan fingerprint density at radius 2 is 1.85 bits per heavy atom. The number of benzene rings is 2. The van der Waals surface area contributed by atoms with E-state index in [1.165, 1.54) is 6.07 Å². The van der Waals surface area contributed by atoms with E-state index in [1.807, 2.05) is 18.2 Å². The van der Waals surface area contributed by atoms with E-state index >= 15 is 0 Å². The molecule has 0 unspecified atom stereocenters. The average molecular weight is 407 g/mol. The Bertz CT molecular complexity index is 873. The zero-order chi connectivity index (χ0) is 19.4. The lowest BCUT2D eigenvalue weighted by Crippen LogP contribution is -2.28. The summed E-state index contributed by atoms with van der Waals surface area (Å²) in [6, 6.07) is 13.7. The zero-order valence-corrected chi connectivity index (χ0v) is 15.7. The summed E-state index contributed by atoms with van der Waals surface area (Å²) in [5.74, 6) is -1.84. The minimum absolute atomic E-state index is 0.0577. The Hall–Kier alpha value is -2.57. The van der Waals surface area contributed by atoms with Crippen LogP contribution in [0.25, 0.3) is 0 Å². The lowest BCUT2D eigenvalue weighted by atomic mass is 10.1. The summed E-state index contributed by atoms with van der Waals surface area (Å²) in [7, 11) is 0. The monoisotopic (exact) mass is 406 g/mol. The summed E-state index contributed by atoms with van der Waals surface area (Å²) in [5.41, 5.74) is 1.17. The van der Waals surface area contributed by atoms with Crippen LogP contribution in [0.2, 0.25) is 10.0 Å². The van der Waals surface area contributed by atoms with Gasteiger partial charge in [0.05, 0.1) is 16.0 Å². The van der Waals surface area contributed by atoms with Gasteiger partial charge in [0.2, 0.25) is 5.91 Å². The number of hydrogen-bond donors (Lipinski definition) is 1. The molecule has 0 saturated carbocycles. The van der Waals surface area contributed by atoms with Crippen molar-refractivity contribution in [2.45, 2.75) is 6.42 Å². The Morgan fingerprint density at radius 3 is 2.56 bits per heavy atom. The number of carbonyl (C=O) groups is 3.